The van der Waals surface area contributed by atoms with Gasteiger partial charge in [0.2, 0.25) is 5.91 Å². The standard InChI is InChI=1S/C15H23BrN4O/c1-11(2)19-15(17)18-9-8-14(21)20(3)10-12-6-4-5-7-13(12)16/h4-7,11H,8-10H2,1-3H3,(H3,17,18,19). The minimum absolute atomic E-state index is 0.0480. The summed E-state index contributed by atoms with van der Waals surface area (Å²) in [4.78, 5) is 17.9. The first kappa shape index (κ1) is 17.5. The Kier molecular flexibility index (Phi) is 7.22. The monoisotopic (exact) mass is 354 g/mol. The lowest BCUT2D eigenvalue weighted by molar-refractivity contribution is -0.130. The molecular formula is C15H23BrN4O. The van der Waals surface area contributed by atoms with Crippen molar-refractivity contribution < 1.29 is 4.79 Å². The van der Waals surface area contributed by atoms with Gasteiger partial charge in [0.25, 0.3) is 0 Å². The maximum atomic E-state index is 12.0. The van der Waals surface area contributed by atoms with Crippen LogP contribution in [0.15, 0.2) is 33.7 Å². The van der Waals surface area contributed by atoms with Gasteiger partial charge in [-0.3, -0.25) is 9.79 Å². The fourth-order valence-electron chi connectivity index (χ4n) is 1.77. The second-order valence-electron chi connectivity index (χ2n) is 5.16. The number of nitrogens with two attached hydrogens (primary N) is 1. The van der Waals surface area contributed by atoms with Crippen molar-refractivity contribution in [3.8, 4) is 0 Å². The summed E-state index contributed by atoms with van der Waals surface area (Å²) in [6.45, 7) is 4.94. The van der Waals surface area contributed by atoms with Crippen LogP contribution in [0.25, 0.3) is 0 Å². The minimum Gasteiger partial charge on any atom is -0.370 e. The van der Waals surface area contributed by atoms with Crippen LogP contribution in [0.3, 0.4) is 0 Å². The predicted molar refractivity (Wildman–Crippen MR) is 90.0 cm³/mol. The Morgan fingerprint density at radius 2 is 2.10 bits per heavy atom. The summed E-state index contributed by atoms with van der Waals surface area (Å²) in [5.74, 6) is 0.429. The third-order valence-electron chi connectivity index (χ3n) is 2.84. The predicted octanol–water partition coefficient (Wildman–Crippen LogP) is 2.11. The molecule has 1 aromatic carbocycles. The van der Waals surface area contributed by atoms with Crippen LogP contribution in [0.4, 0.5) is 0 Å². The fraction of sp³-hybridized carbons (Fsp3) is 0.467. The van der Waals surface area contributed by atoms with E-state index in [0.29, 0.717) is 25.5 Å². The van der Waals surface area contributed by atoms with Gasteiger partial charge in [-0.15, -0.1) is 0 Å². The first-order valence-electron chi connectivity index (χ1n) is 6.94. The van der Waals surface area contributed by atoms with E-state index in [2.05, 4.69) is 26.2 Å². The molecule has 21 heavy (non-hydrogen) atoms. The molecule has 0 unspecified atom stereocenters. The lowest BCUT2D eigenvalue weighted by atomic mass is 10.2. The molecule has 0 aliphatic heterocycles. The van der Waals surface area contributed by atoms with Crippen LogP contribution in [0.5, 0.6) is 0 Å². The van der Waals surface area contributed by atoms with Crippen molar-refractivity contribution in [3.63, 3.8) is 0 Å². The molecule has 0 heterocycles. The molecular weight excluding hydrogens is 332 g/mol. The zero-order valence-electron chi connectivity index (χ0n) is 12.8. The second-order valence-corrected chi connectivity index (χ2v) is 6.01. The van der Waals surface area contributed by atoms with Crippen LogP contribution >= 0.6 is 15.9 Å². The molecule has 0 saturated carbocycles. The molecule has 0 aromatic heterocycles. The first-order valence-corrected chi connectivity index (χ1v) is 7.73. The molecule has 6 heteroatoms. The molecule has 0 fully saturated rings. The summed E-state index contributed by atoms with van der Waals surface area (Å²) in [5, 5.41) is 2.99. The van der Waals surface area contributed by atoms with Crippen molar-refractivity contribution in [1.29, 1.82) is 0 Å². The van der Waals surface area contributed by atoms with Crippen LogP contribution in [0, 0.1) is 0 Å². The maximum Gasteiger partial charge on any atom is 0.224 e. The zero-order valence-corrected chi connectivity index (χ0v) is 14.4. The maximum absolute atomic E-state index is 12.0. The number of carbonyl (C=O) groups excluding carboxylic acids is 1. The summed E-state index contributed by atoms with van der Waals surface area (Å²) in [5.41, 5.74) is 6.77. The molecule has 0 saturated heterocycles. The molecule has 1 aromatic rings. The number of rotatable bonds is 6. The van der Waals surface area contributed by atoms with Crippen molar-refractivity contribution in [2.24, 2.45) is 10.7 Å². The van der Waals surface area contributed by atoms with Crippen LogP contribution in [0.2, 0.25) is 0 Å². The molecule has 0 radical (unpaired) electrons. The molecule has 3 N–H and O–H groups in total. The molecule has 0 aliphatic rings. The van der Waals surface area contributed by atoms with E-state index in [-0.39, 0.29) is 11.9 Å². The van der Waals surface area contributed by atoms with Gasteiger partial charge in [0, 0.05) is 30.5 Å². The van der Waals surface area contributed by atoms with Crippen molar-refractivity contribution >= 4 is 27.8 Å². The van der Waals surface area contributed by atoms with Gasteiger partial charge in [0.1, 0.15) is 0 Å². The van der Waals surface area contributed by atoms with Gasteiger partial charge < -0.3 is 16.0 Å². The average Bonchev–Trinajstić information content (AvgIpc) is 2.40. The molecule has 1 rings (SSSR count). The van der Waals surface area contributed by atoms with Crippen LogP contribution in [0.1, 0.15) is 25.8 Å². The molecule has 0 aliphatic carbocycles. The van der Waals surface area contributed by atoms with Gasteiger partial charge in [-0.1, -0.05) is 34.1 Å². The second kappa shape index (κ2) is 8.67. The highest BCUT2D eigenvalue weighted by Gasteiger charge is 2.10. The third kappa shape index (κ3) is 6.62. The Hall–Kier alpha value is -1.56. The highest BCUT2D eigenvalue weighted by atomic mass is 79.9. The Bertz CT molecular complexity index is 502. The van der Waals surface area contributed by atoms with Gasteiger partial charge in [0.15, 0.2) is 5.96 Å². The van der Waals surface area contributed by atoms with Crippen LogP contribution < -0.4 is 11.1 Å². The number of nitrogens with zero attached hydrogens (tertiary/aromatic N) is 2. The highest BCUT2D eigenvalue weighted by Crippen LogP contribution is 2.17. The van der Waals surface area contributed by atoms with Gasteiger partial charge in [-0.05, 0) is 25.5 Å². The fourth-order valence-corrected chi connectivity index (χ4v) is 2.18. The first-order chi connectivity index (χ1) is 9.90. The molecule has 1 amide bonds. The topological polar surface area (TPSA) is 70.7 Å². The lowest BCUT2D eigenvalue weighted by Gasteiger charge is -2.17. The van der Waals surface area contributed by atoms with E-state index in [0.717, 1.165) is 10.0 Å². The van der Waals surface area contributed by atoms with E-state index in [1.54, 1.807) is 11.9 Å². The quantitative estimate of drug-likeness (QED) is 0.607. The van der Waals surface area contributed by atoms with Crippen molar-refractivity contribution in [1.82, 2.24) is 10.2 Å². The van der Waals surface area contributed by atoms with E-state index in [1.165, 1.54) is 0 Å². The molecule has 0 atom stereocenters. The molecule has 5 nitrogen and oxygen atoms in total. The van der Waals surface area contributed by atoms with Gasteiger partial charge in [0.05, 0.1) is 6.54 Å². The number of halogens is 1. The number of benzene rings is 1. The zero-order chi connectivity index (χ0) is 15.8. The van der Waals surface area contributed by atoms with Gasteiger partial charge >= 0.3 is 0 Å². The van der Waals surface area contributed by atoms with Crippen molar-refractivity contribution in [2.45, 2.75) is 32.9 Å². The smallest absolute Gasteiger partial charge is 0.224 e. The van der Waals surface area contributed by atoms with E-state index in [4.69, 9.17) is 5.73 Å². The molecule has 116 valence electrons. The number of hydrogen-bond donors (Lipinski definition) is 2. The number of nitrogens with one attached hydrogen (secondary N) is 1. The van der Waals surface area contributed by atoms with E-state index in [1.807, 2.05) is 38.1 Å². The van der Waals surface area contributed by atoms with Crippen LogP contribution in [-0.4, -0.2) is 36.4 Å². The normalized spacial score (nSPS) is 11.6. The average molecular weight is 355 g/mol. The van der Waals surface area contributed by atoms with Gasteiger partial charge in [-0.25, -0.2) is 0 Å². The lowest BCUT2D eigenvalue weighted by Crippen LogP contribution is -2.37. The number of guanidine groups is 1. The molecule has 0 bridgehead atoms. The summed E-state index contributed by atoms with van der Waals surface area (Å²) in [6, 6.07) is 8.12. The van der Waals surface area contributed by atoms with Crippen molar-refractivity contribution in [2.75, 3.05) is 13.6 Å². The number of carbonyl (C=O) groups is 1. The van der Waals surface area contributed by atoms with E-state index < -0.39 is 0 Å². The minimum atomic E-state index is 0.0480. The van der Waals surface area contributed by atoms with Crippen molar-refractivity contribution in [3.05, 3.63) is 34.3 Å². The van der Waals surface area contributed by atoms with Crippen LogP contribution in [-0.2, 0) is 11.3 Å². The Labute approximate surface area is 134 Å². The van der Waals surface area contributed by atoms with E-state index >= 15 is 0 Å². The van der Waals surface area contributed by atoms with E-state index in [9.17, 15) is 4.79 Å². The summed E-state index contributed by atoms with van der Waals surface area (Å²) in [7, 11) is 1.79. The largest absolute Gasteiger partial charge is 0.370 e. The molecule has 0 spiro atoms. The number of amides is 1. The SMILES string of the molecule is CC(C)NC(N)=NCCC(=O)N(C)Cc1ccccc1Br. The Balaban J connectivity index is 2.43. The Morgan fingerprint density at radius 1 is 1.43 bits per heavy atom. The summed E-state index contributed by atoms with van der Waals surface area (Å²) < 4.78 is 1.01. The van der Waals surface area contributed by atoms with Gasteiger partial charge in [-0.2, -0.15) is 0 Å². The third-order valence-corrected chi connectivity index (χ3v) is 3.61. The highest BCUT2D eigenvalue weighted by molar-refractivity contribution is 9.10. The summed E-state index contributed by atoms with van der Waals surface area (Å²) >= 11 is 3.48. The Morgan fingerprint density at radius 3 is 2.71 bits per heavy atom. The summed E-state index contributed by atoms with van der Waals surface area (Å²) in [6.07, 6.45) is 0.349. The number of aliphatic imine (C=N–C) groups is 1. The number of hydrogen-bond acceptors (Lipinski definition) is 2.